The van der Waals surface area contributed by atoms with E-state index in [0.717, 1.165) is 0 Å². The van der Waals surface area contributed by atoms with Crippen molar-refractivity contribution in [2.24, 2.45) is 5.41 Å². The van der Waals surface area contributed by atoms with Crippen LogP contribution in [0.2, 0.25) is 0 Å². The van der Waals surface area contributed by atoms with E-state index < -0.39 is 17.5 Å². The molecule has 1 aromatic heterocycles. The zero-order chi connectivity index (χ0) is 17.6. The fraction of sp³-hybridized carbons (Fsp3) is 0.562. The van der Waals surface area contributed by atoms with E-state index >= 15 is 0 Å². The van der Waals surface area contributed by atoms with E-state index in [1.165, 1.54) is 11.1 Å². The number of hydroxylamine groups is 1. The number of hydrogen-bond donors (Lipinski definition) is 1. The topological polar surface area (TPSA) is 41.1 Å². The zero-order valence-corrected chi connectivity index (χ0v) is 14.2. The minimum atomic E-state index is -4.50. The normalized spacial score (nSPS) is 13.6. The zero-order valence-electron chi connectivity index (χ0n) is 14.2. The molecule has 0 saturated carbocycles. The van der Waals surface area contributed by atoms with Crippen LogP contribution in [0.4, 0.5) is 18.9 Å². The molecule has 0 radical (unpaired) electrons. The number of aromatic amines is 1. The van der Waals surface area contributed by atoms with Crippen LogP contribution in [-0.4, -0.2) is 22.8 Å². The predicted octanol–water partition coefficient (Wildman–Crippen LogP) is 4.77. The lowest BCUT2D eigenvalue weighted by molar-refractivity contribution is -0.139. The molecule has 0 unspecified atom stereocenters. The summed E-state index contributed by atoms with van der Waals surface area (Å²) in [7, 11) is 1.68. The number of hydrogen-bond acceptors (Lipinski definition) is 3. The van der Waals surface area contributed by atoms with Crippen LogP contribution < -0.4 is 5.06 Å². The first-order valence-electron chi connectivity index (χ1n) is 7.31. The third-order valence-corrected chi connectivity index (χ3v) is 4.35. The number of fused-ring (bicyclic) bond motifs is 1. The molecule has 0 bridgehead atoms. The van der Waals surface area contributed by atoms with Crippen molar-refractivity contribution in [1.29, 1.82) is 0 Å². The van der Waals surface area contributed by atoms with E-state index in [4.69, 9.17) is 4.84 Å². The Balaban J connectivity index is 2.37. The molecule has 1 heterocycles. The van der Waals surface area contributed by atoms with Gasteiger partial charge in [-0.3, -0.25) is 15.0 Å². The van der Waals surface area contributed by atoms with Gasteiger partial charge in [0.25, 0.3) is 0 Å². The average Bonchev–Trinajstić information content (AvgIpc) is 2.79. The lowest BCUT2D eigenvalue weighted by Crippen LogP contribution is -2.44. The lowest BCUT2D eigenvalue weighted by atomic mass is 9.79. The average molecular weight is 329 g/mol. The molecule has 1 N–H and O–H groups in total. The van der Waals surface area contributed by atoms with Gasteiger partial charge in [0, 0.05) is 12.4 Å². The highest BCUT2D eigenvalue weighted by Gasteiger charge is 2.37. The largest absolute Gasteiger partial charge is 0.435 e. The van der Waals surface area contributed by atoms with Crippen molar-refractivity contribution in [2.75, 3.05) is 12.1 Å². The molecule has 0 spiro atoms. The van der Waals surface area contributed by atoms with Gasteiger partial charge in [-0.25, -0.2) is 0 Å². The SMILES string of the molecule is CN(OC(C)(C)C(C)(C)C)c1ccc2[nH]nc(C(F)(F)F)c2c1. The summed E-state index contributed by atoms with van der Waals surface area (Å²) in [6, 6.07) is 4.69. The van der Waals surface area contributed by atoms with Gasteiger partial charge in [-0.15, -0.1) is 0 Å². The van der Waals surface area contributed by atoms with Crippen molar-refractivity contribution in [3.63, 3.8) is 0 Å². The van der Waals surface area contributed by atoms with Crippen molar-refractivity contribution in [2.45, 2.75) is 46.4 Å². The molecule has 0 saturated heterocycles. The van der Waals surface area contributed by atoms with Crippen LogP contribution in [0.5, 0.6) is 0 Å². The summed E-state index contributed by atoms with van der Waals surface area (Å²) in [6.07, 6.45) is -4.50. The van der Waals surface area contributed by atoms with Crippen LogP contribution in [0.3, 0.4) is 0 Å². The van der Waals surface area contributed by atoms with Crippen molar-refractivity contribution in [3.8, 4) is 0 Å². The molecule has 2 aromatic rings. The second-order valence-electron chi connectivity index (χ2n) is 7.15. The van der Waals surface area contributed by atoms with E-state index in [-0.39, 0.29) is 10.8 Å². The maximum absolute atomic E-state index is 13.0. The van der Waals surface area contributed by atoms with Gasteiger partial charge in [0.2, 0.25) is 0 Å². The Morgan fingerprint density at radius 2 is 1.70 bits per heavy atom. The van der Waals surface area contributed by atoms with Gasteiger partial charge in [-0.1, -0.05) is 20.8 Å². The molecule has 0 fully saturated rings. The van der Waals surface area contributed by atoms with Gasteiger partial charge < -0.3 is 0 Å². The first-order valence-corrected chi connectivity index (χ1v) is 7.31. The van der Waals surface area contributed by atoms with Crippen molar-refractivity contribution < 1.29 is 18.0 Å². The third-order valence-electron chi connectivity index (χ3n) is 4.35. The molecular formula is C16H22F3N3O. The summed E-state index contributed by atoms with van der Waals surface area (Å²) in [4.78, 5) is 5.96. The molecule has 1 aromatic carbocycles. The Hall–Kier alpha value is -1.76. The molecule has 7 heteroatoms. The smallest absolute Gasteiger partial charge is 0.277 e. The third kappa shape index (κ3) is 3.44. The van der Waals surface area contributed by atoms with Crippen LogP contribution in [0.1, 0.15) is 40.3 Å². The van der Waals surface area contributed by atoms with E-state index in [0.29, 0.717) is 11.2 Å². The highest BCUT2D eigenvalue weighted by molar-refractivity contribution is 5.85. The second-order valence-corrected chi connectivity index (χ2v) is 7.15. The molecule has 0 amide bonds. The Morgan fingerprint density at radius 3 is 2.22 bits per heavy atom. The number of aromatic nitrogens is 2. The number of H-pyrrole nitrogens is 1. The number of rotatable bonds is 3. The Labute approximate surface area is 133 Å². The Bertz CT molecular complexity index is 699. The highest BCUT2D eigenvalue weighted by Crippen LogP contribution is 2.37. The first kappa shape index (κ1) is 17.6. The molecule has 0 aliphatic rings. The van der Waals surface area contributed by atoms with Crippen LogP contribution in [-0.2, 0) is 11.0 Å². The Morgan fingerprint density at radius 1 is 1.09 bits per heavy atom. The van der Waals surface area contributed by atoms with Crippen molar-refractivity contribution >= 4 is 16.6 Å². The van der Waals surface area contributed by atoms with Crippen LogP contribution in [0.15, 0.2) is 18.2 Å². The summed E-state index contributed by atoms with van der Waals surface area (Å²) in [5, 5.41) is 7.30. The monoisotopic (exact) mass is 329 g/mol. The molecule has 0 aliphatic carbocycles. The maximum atomic E-state index is 13.0. The number of nitrogens with one attached hydrogen (secondary N) is 1. The van der Waals surface area contributed by atoms with Crippen molar-refractivity contribution in [3.05, 3.63) is 23.9 Å². The number of halogens is 3. The predicted molar refractivity (Wildman–Crippen MR) is 84.1 cm³/mol. The molecule has 2 rings (SSSR count). The van der Waals surface area contributed by atoms with Gasteiger partial charge in [-0.2, -0.15) is 18.3 Å². The molecule has 23 heavy (non-hydrogen) atoms. The summed E-state index contributed by atoms with van der Waals surface area (Å²) in [5.74, 6) is 0. The fourth-order valence-electron chi connectivity index (χ4n) is 1.95. The second kappa shape index (κ2) is 5.40. The number of nitrogens with zero attached hydrogens (tertiary/aromatic N) is 2. The summed E-state index contributed by atoms with van der Waals surface area (Å²) < 4.78 is 39.0. The number of anilines is 1. The minimum absolute atomic E-state index is 0.0269. The van der Waals surface area contributed by atoms with Crippen LogP contribution in [0, 0.1) is 5.41 Å². The lowest BCUT2D eigenvalue weighted by Gasteiger charge is -2.41. The standard InChI is InChI=1S/C16H22F3N3O/c1-14(2,3)15(4,5)23-22(6)10-7-8-12-11(9-10)13(21-20-12)16(17,18)19/h7-9H,1-6H3,(H,20,21). The van der Waals surface area contributed by atoms with E-state index in [2.05, 4.69) is 10.2 Å². The molecule has 0 aliphatic heterocycles. The fourth-order valence-corrected chi connectivity index (χ4v) is 1.95. The Kier molecular flexibility index (Phi) is 4.13. The van der Waals surface area contributed by atoms with Gasteiger partial charge in [-0.05, 0) is 37.5 Å². The maximum Gasteiger partial charge on any atom is 0.435 e. The van der Waals surface area contributed by atoms with Gasteiger partial charge >= 0.3 is 6.18 Å². The van der Waals surface area contributed by atoms with Crippen LogP contribution in [0.25, 0.3) is 10.9 Å². The van der Waals surface area contributed by atoms with Crippen LogP contribution >= 0.6 is 0 Å². The van der Waals surface area contributed by atoms with E-state index in [1.54, 1.807) is 19.2 Å². The quantitative estimate of drug-likeness (QED) is 0.824. The summed E-state index contributed by atoms with van der Waals surface area (Å²) in [5.41, 5.74) is -0.693. The van der Waals surface area contributed by atoms with Gasteiger partial charge in [0.1, 0.15) is 0 Å². The van der Waals surface area contributed by atoms with Crippen molar-refractivity contribution in [1.82, 2.24) is 10.2 Å². The molecular weight excluding hydrogens is 307 g/mol. The minimum Gasteiger partial charge on any atom is -0.277 e. The van der Waals surface area contributed by atoms with E-state index in [1.807, 2.05) is 34.6 Å². The summed E-state index contributed by atoms with van der Waals surface area (Å²) >= 11 is 0. The van der Waals surface area contributed by atoms with E-state index in [9.17, 15) is 13.2 Å². The van der Waals surface area contributed by atoms with Gasteiger partial charge in [0.05, 0.1) is 16.8 Å². The molecule has 0 atom stereocenters. The summed E-state index contributed by atoms with van der Waals surface area (Å²) in [6.45, 7) is 10.0. The number of benzene rings is 1. The first-order chi connectivity index (χ1) is 10.3. The molecule has 128 valence electrons. The highest BCUT2D eigenvalue weighted by atomic mass is 19.4. The van der Waals surface area contributed by atoms with Gasteiger partial charge in [0.15, 0.2) is 5.69 Å². The number of alkyl halides is 3. The molecule has 4 nitrogen and oxygen atoms in total.